The van der Waals surface area contributed by atoms with Gasteiger partial charge in [0.05, 0.1) is 12.0 Å². The molecule has 0 radical (unpaired) electrons. The van der Waals surface area contributed by atoms with E-state index in [0.717, 1.165) is 16.7 Å². The minimum atomic E-state index is -0.457. The number of aryl methyl sites for hydroxylation is 1. The maximum atomic E-state index is 11.9. The Bertz CT molecular complexity index is 803. The van der Waals surface area contributed by atoms with Crippen LogP contribution in [0.4, 0.5) is 0 Å². The number of carbonyl (C=O) groups is 1. The Hall–Kier alpha value is -2.75. The van der Waals surface area contributed by atoms with Crippen molar-refractivity contribution in [3.63, 3.8) is 0 Å². The van der Waals surface area contributed by atoms with E-state index in [-0.39, 0.29) is 5.76 Å². The zero-order valence-corrected chi connectivity index (χ0v) is 12.5. The van der Waals surface area contributed by atoms with Gasteiger partial charge in [0.25, 0.3) is 0 Å². The van der Waals surface area contributed by atoms with Gasteiger partial charge in [-0.3, -0.25) is 0 Å². The molecule has 0 amide bonds. The molecule has 0 bridgehead atoms. The standard InChI is InChI=1S/C18H16O4/c1-3-20-18(19)17-12(2)16-14(10-7-11-15(16)22-17)21-13-8-5-4-6-9-13/h4-11H,3H2,1-2H3. The Balaban J connectivity index is 2.06. The van der Waals surface area contributed by atoms with Crippen LogP contribution in [0, 0.1) is 6.92 Å². The third-order valence-corrected chi connectivity index (χ3v) is 3.35. The molecule has 2 aromatic carbocycles. The number of rotatable bonds is 4. The molecule has 3 aromatic rings. The highest BCUT2D eigenvalue weighted by Gasteiger charge is 2.21. The number of esters is 1. The summed E-state index contributed by atoms with van der Waals surface area (Å²) in [6, 6.07) is 15.0. The molecule has 1 aromatic heterocycles. The van der Waals surface area contributed by atoms with Gasteiger partial charge in [-0.05, 0) is 38.1 Å². The fourth-order valence-corrected chi connectivity index (χ4v) is 2.36. The lowest BCUT2D eigenvalue weighted by Crippen LogP contribution is -2.04. The van der Waals surface area contributed by atoms with Crippen LogP contribution in [0.25, 0.3) is 11.0 Å². The Morgan fingerprint density at radius 1 is 1.09 bits per heavy atom. The van der Waals surface area contributed by atoms with E-state index in [1.807, 2.05) is 55.5 Å². The molecule has 22 heavy (non-hydrogen) atoms. The number of benzene rings is 2. The molecule has 0 aliphatic rings. The van der Waals surface area contributed by atoms with Crippen molar-refractivity contribution in [3.05, 3.63) is 59.9 Å². The summed E-state index contributed by atoms with van der Waals surface area (Å²) < 4.78 is 16.6. The highest BCUT2D eigenvalue weighted by molar-refractivity contribution is 5.98. The van der Waals surface area contributed by atoms with Crippen LogP contribution in [0.1, 0.15) is 23.0 Å². The molecule has 0 saturated carbocycles. The molecule has 0 fully saturated rings. The van der Waals surface area contributed by atoms with Crippen LogP contribution in [-0.4, -0.2) is 12.6 Å². The highest BCUT2D eigenvalue weighted by atomic mass is 16.5. The van der Waals surface area contributed by atoms with Gasteiger partial charge in [0.2, 0.25) is 5.76 Å². The maximum absolute atomic E-state index is 11.9. The molecule has 0 saturated heterocycles. The average Bonchev–Trinajstić information content (AvgIpc) is 2.87. The molecule has 0 unspecified atom stereocenters. The molecule has 1 heterocycles. The summed E-state index contributed by atoms with van der Waals surface area (Å²) in [4.78, 5) is 11.9. The second-order valence-electron chi connectivity index (χ2n) is 4.82. The third kappa shape index (κ3) is 2.55. The van der Waals surface area contributed by atoms with Crippen LogP contribution in [0.3, 0.4) is 0 Å². The molecule has 0 spiro atoms. The van der Waals surface area contributed by atoms with Crippen LogP contribution in [0.5, 0.6) is 11.5 Å². The number of carbonyl (C=O) groups excluding carboxylic acids is 1. The third-order valence-electron chi connectivity index (χ3n) is 3.35. The summed E-state index contributed by atoms with van der Waals surface area (Å²) in [5.74, 6) is 1.15. The topological polar surface area (TPSA) is 48.7 Å². The summed E-state index contributed by atoms with van der Waals surface area (Å²) in [5, 5.41) is 0.786. The minimum absolute atomic E-state index is 0.223. The first-order valence-electron chi connectivity index (χ1n) is 7.13. The van der Waals surface area contributed by atoms with Gasteiger partial charge in [-0.1, -0.05) is 24.3 Å². The van der Waals surface area contributed by atoms with Crippen molar-refractivity contribution >= 4 is 16.9 Å². The second-order valence-corrected chi connectivity index (χ2v) is 4.82. The van der Waals surface area contributed by atoms with Crippen molar-refractivity contribution in [1.82, 2.24) is 0 Å². The van der Waals surface area contributed by atoms with Crippen LogP contribution in [-0.2, 0) is 4.74 Å². The molecular weight excluding hydrogens is 280 g/mol. The van der Waals surface area contributed by atoms with E-state index in [4.69, 9.17) is 13.9 Å². The lowest BCUT2D eigenvalue weighted by molar-refractivity contribution is 0.0491. The Morgan fingerprint density at radius 3 is 2.59 bits per heavy atom. The number of fused-ring (bicyclic) bond motifs is 1. The summed E-state index contributed by atoms with van der Waals surface area (Å²) >= 11 is 0. The number of para-hydroxylation sites is 1. The van der Waals surface area contributed by atoms with Crippen molar-refractivity contribution in [3.8, 4) is 11.5 Å². The van der Waals surface area contributed by atoms with E-state index in [1.165, 1.54) is 0 Å². The quantitative estimate of drug-likeness (QED) is 0.654. The number of hydrogen-bond donors (Lipinski definition) is 0. The fraction of sp³-hybridized carbons (Fsp3) is 0.167. The molecule has 0 aliphatic heterocycles. The van der Waals surface area contributed by atoms with E-state index in [9.17, 15) is 4.79 Å². The lowest BCUT2D eigenvalue weighted by Gasteiger charge is -2.06. The number of hydrogen-bond acceptors (Lipinski definition) is 4. The van der Waals surface area contributed by atoms with E-state index in [0.29, 0.717) is 17.9 Å². The Kier molecular flexibility index (Phi) is 3.83. The monoisotopic (exact) mass is 296 g/mol. The first kappa shape index (κ1) is 14.2. The lowest BCUT2D eigenvalue weighted by atomic mass is 10.1. The Morgan fingerprint density at radius 2 is 1.86 bits per heavy atom. The average molecular weight is 296 g/mol. The maximum Gasteiger partial charge on any atom is 0.374 e. The zero-order chi connectivity index (χ0) is 15.5. The van der Waals surface area contributed by atoms with Gasteiger partial charge < -0.3 is 13.9 Å². The molecule has 3 rings (SSSR count). The molecule has 0 N–H and O–H groups in total. The van der Waals surface area contributed by atoms with Crippen molar-refractivity contribution < 1.29 is 18.7 Å². The van der Waals surface area contributed by atoms with Crippen LogP contribution in [0.15, 0.2) is 52.9 Å². The molecule has 4 heteroatoms. The summed E-state index contributed by atoms with van der Waals surface area (Å²) in [6.07, 6.45) is 0. The highest BCUT2D eigenvalue weighted by Crippen LogP contribution is 2.35. The number of ether oxygens (including phenoxy) is 2. The van der Waals surface area contributed by atoms with E-state index in [1.54, 1.807) is 6.92 Å². The minimum Gasteiger partial charge on any atom is -0.460 e. The zero-order valence-electron chi connectivity index (χ0n) is 12.5. The van der Waals surface area contributed by atoms with Crippen molar-refractivity contribution in [2.24, 2.45) is 0 Å². The van der Waals surface area contributed by atoms with Gasteiger partial charge in [0.15, 0.2) is 0 Å². The van der Waals surface area contributed by atoms with Gasteiger partial charge >= 0.3 is 5.97 Å². The van der Waals surface area contributed by atoms with Crippen LogP contribution < -0.4 is 4.74 Å². The molecule has 0 aliphatic carbocycles. The van der Waals surface area contributed by atoms with Gasteiger partial charge in [0.1, 0.15) is 17.1 Å². The van der Waals surface area contributed by atoms with E-state index < -0.39 is 5.97 Å². The van der Waals surface area contributed by atoms with Crippen LogP contribution in [0.2, 0.25) is 0 Å². The molecule has 4 nitrogen and oxygen atoms in total. The second kappa shape index (κ2) is 5.93. The molecule has 112 valence electrons. The summed E-state index contributed by atoms with van der Waals surface area (Å²) in [5.41, 5.74) is 1.33. The van der Waals surface area contributed by atoms with Gasteiger partial charge in [-0.2, -0.15) is 0 Å². The van der Waals surface area contributed by atoms with Gasteiger partial charge in [-0.15, -0.1) is 0 Å². The SMILES string of the molecule is CCOC(=O)c1oc2cccc(Oc3ccccc3)c2c1C. The Labute approximate surface area is 128 Å². The van der Waals surface area contributed by atoms with Crippen LogP contribution >= 0.6 is 0 Å². The van der Waals surface area contributed by atoms with Crippen molar-refractivity contribution in [1.29, 1.82) is 0 Å². The molecular formula is C18H16O4. The van der Waals surface area contributed by atoms with Crippen molar-refractivity contribution in [2.75, 3.05) is 6.61 Å². The fourth-order valence-electron chi connectivity index (χ4n) is 2.36. The van der Waals surface area contributed by atoms with Gasteiger partial charge in [-0.25, -0.2) is 4.79 Å². The largest absolute Gasteiger partial charge is 0.460 e. The number of furan rings is 1. The van der Waals surface area contributed by atoms with E-state index in [2.05, 4.69) is 0 Å². The normalized spacial score (nSPS) is 10.6. The predicted molar refractivity (Wildman–Crippen MR) is 83.4 cm³/mol. The smallest absolute Gasteiger partial charge is 0.374 e. The van der Waals surface area contributed by atoms with Gasteiger partial charge in [0, 0.05) is 5.56 Å². The van der Waals surface area contributed by atoms with Crippen molar-refractivity contribution in [2.45, 2.75) is 13.8 Å². The first-order chi connectivity index (χ1) is 10.7. The summed E-state index contributed by atoms with van der Waals surface area (Å²) in [7, 11) is 0. The molecule has 0 atom stereocenters. The summed E-state index contributed by atoms with van der Waals surface area (Å²) in [6.45, 7) is 3.90. The predicted octanol–water partition coefficient (Wildman–Crippen LogP) is 4.71. The first-order valence-corrected chi connectivity index (χ1v) is 7.13. The van der Waals surface area contributed by atoms with E-state index >= 15 is 0 Å².